The average molecular weight is 277 g/mol. The molecule has 1 aromatic heterocycles. The van der Waals surface area contributed by atoms with E-state index in [1.54, 1.807) is 4.80 Å². The number of nitrogens with one attached hydrogen (secondary N) is 1. The predicted octanol–water partition coefficient (Wildman–Crippen LogP) is 0.690. The number of ether oxygens (including phenoxy) is 1. The highest BCUT2D eigenvalue weighted by molar-refractivity contribution is 5.05. The van der Waals surface area contributed by atoms with Crippen molar-refractivity contribution in [2.24, 2.45) is 18.4 Å². The highest BCUT2D eigenvalue weighted by Crippen LogP contribution is 2.49. The Bertz CT molecular complexity index is 482. The van der Waals surface area contributed by atoms with Gasteiger partial charge in [-0.3, -0.25) is 0 Å². The first-order valence-electron chi connectivity index (χ1n) is 7.83. The Labute approximate surface area is 119 Å². The van der Waals surface area contributed by atoms with E-state index in [9.17, 15) is 0 Å². The molecule has 110 valence electrons. The third-order valence-electron chi connectivity index (χ3n) is 4.93. The van der Waals surface area contributed by atoms with Crippen molar-refractivity contribution < 1.29 is 4.74 Å². The van der Waals surface area contributed by atoms with Crippen LogP contribution in [-0.4, -0.2) is 45.5 Å². The molecule has 0 spiro atoms. The van der Waals surface area contributed by atoms with Crippen molar-refractivity contribution >= 4 is 0 Å². The molecule has 2 atom stereocenters. The molecule has 1 N–H and O–H groups in total. The molecule has 0 bridgehead atoms. The highest BCUT2D eigenvalue weighted by atomic mass is 16.5. The molecule has 6 heteroatoms. The molecule has 2 saturated carbocycles. The van der Waals surface area contributed by atoms with Gasteiger partial charge in [0.1, 0.15) is 0 Å². The molecule has 1 saturated heterocycles. The van der Waals surface area contributed by atoms with Crippen LogP contribution in [0.1, 0.15) is 37.9 Å². The van der Waals surface area contributed by atoms with Crippen molar-refractivity contribution in [3.05, 3.63) is 5.82 Å². The fourth-order valence-electron chi connectivity index (χ4n) is 3.53. The summed E-state index contributed by atoms with van der Waals surface area (Å²) in [6, 6.07) is 0.738. The molecule has 0 amide bonds. The zero-order chi connectivity index (χ0) is 13.6. The number of nitrogens with zero attached hydrogens (tertiary/aromatic N) is 4. The lowest BCUT2D eigenvalue weighted by molar-refractivity contribution is 0.0295. The zero-order valence-electron chi connectivity index (χ0n) is 12.1. The quantitative estimate of drug-likeness (QED) is 0.829. The first-order chi connectivity index (χ1) is 9.75. The Morgan fingerprint density at radius 1 is 1.35 bits per heavy atom. The second-order valence-electron chi connectivity index (χ2n) is 6.77. The second-order valence-corrected chi connectivity index (χ2v) is 6.77. The molecule has 4 rings (SSSR count). The van der Waals surface area contributed by atoms with Crippen LogP contribution < -0.4 is 5.32 Å². The van der Waals surface area contributed by atoms with Gasteiger partial charge in [0.05, 0.1) is 13.2 Å². The van der Waals surface area contributed by atoms with Crippen LogP contribution in [0.4, 0.5) is 0 Å². The van der Waals surface area contributed by atoms with E-state index in [-0.39, 0.29) is 5.41 Å². The van der Waals surface area contributed by atoms with Crippen LogP contribution in [0.15, 0.2) is 0 Å². The van der Waals surface area contributed by atoms with Gasteiger partial charge in [-0.15, -0.1) is 10.2 Å². The van der Waals surface area contributed by atoms with Gasteiger partial charge < -0.3 is 10.1 Å². The van der Waals surface area contributed by atoms with Gasteiger partial charge in [0, 0.05) is 31.0 Å². The van der Waals surface area contributed by atoms with E-state index in [1.165, 1.54) is 25.7 Å². The van der Waals surface area contributed by atoms with Crippen molar-refractivity contribution in [3.63, 3.8) is 0 Å². The summed E-state index contributed by atoms with van der Waals surface area (Å²) >= 11 is 0. The predicted molar refractivity (Wildman–Crippen MR) is 73.0 cm³/mol. The zero-order valence-corrected chi connectivity index (χ0v) is 12.1. The minimum absolute atomic E-state index is 0.173. The largest absolute Gasteiger partial charge is 0.377 e. The summed E-state index contributed by atoms with van der Waals surface area (Å²) in [6.45, 7) is 1.92. The number of aryl methyl sites for hydroxylation is 1. The summed E-state index contributed by atoms with van der Waals surface area (Å²) in [5.74, 6) is 1.62. The van der Waals surface area contributed by atoms with Gasteiger partial charge in [0.15, 0.2) is 5.82 Å². The van der Waals surface area contributed by atoms with Gasteiger partial charge in [0.2, 0.25) is 0 Å². The standard InChI is InChI=1S/C14H23N5O/c1-19-17-12(16-18-19)8-14(9-15-11-4-5-11)6-7-20-13(14)10-2-3-10/h10-11,13,15H,2-9H2,1H3. The SMILES string of the molecule is Cn1nnc(CC2(CNC3CC3)CCOC2C2CC2)n1. The second kappa shape index (κ2) is 4.77. The molecule has 20 heavy (non-hydrogen) atoms. The number of hydrogen-bond donors (Lipinski definition) is 1. The molecule has 0 radical (unpaired) electrons. The summed E-state index contributed by atoms with van der Waals surface area (Å²) in [5, 5.41) is 16.3. The molecule has 3 aliphatic rings. The van der Waals surface area contributed by atoms with Crippen LogP contribution in [0, 0.1) is 11.3 Å². The third kappa shape index (κ3) is 2.46. The van der Waals surface area contributed by atoms with E-state index in [0.717, 1.165) is 43.8 Å². The van der Waals surface area contributed by atoms with E-state index < -0.39 is 0 Å². The van der Waals surface area contributed by atoms with Crippen molar-refractivity contribution in [3.8, 4) is 0 Å². The van der Waals surface area contributed by atoms with E-state index in [0.29, 0.717) is 6.10 Å². The molecule has 2 unspecified atom stereocenters. The molecular weight excluding hydrogens is 254 g/mol. The van der Waals surface area contributed by atoms with E-state index >= 15 is 0 Å². The fourth-order valence-corrected chi connectivity index (χ4v) is 3.53. The number of aromatic nitrogens is 4. The molecule has 1 aliphatic heterocycles. The minimum Gasteiger partial charge on any atom is -0.377 e. The maximum absolute atomic E-state index is 6.10. The lowest BCUT2D eigenvalue weighted by Crippen LogP contribution is -2.44. The Hall–Kier alpha value is -1.01. The van der Waals surface area contributed by atoms with Crippen LogP contribution in [0.5, 0.6) is 0 Å². The molecule has 2 aliphatic carbocycles. The van der Waals surface area contributed by atoms with E-state index in [4.69, 9.17) is 4.74 Å². The van der Waals surface area contributed by atoms with Crippen LogP contribution >= 0.6 is 0 Å². The first kappa shape index (κ1) is 12.7. The lowest BCUT2D eigenvalue weighted by Gasteiger charge is -2.33. The maximum atomic E-state index is 6.10. The third-order valence-corrected chi connectivity index (χ3v) is 4.93. The van der Waals surface area contributed by atoms with E-state index in [2.05, 4.69) is 20.7 Å². The van der Waals surface area contributed by atoms with Crippen molar-refractivity contribution in [2.45, 2.75) is 50.7 Å². The summed E-state index contributed by atoms with van der Waals surface area (Å²) in [7, 11) is 1.83. The monoisotopic (exact) mass is 277 g/mol. The molecule has 6 nitrogen and oxygen atoms in total. The molecule has 1 aromatic rings. The Morgan fingerprint density at radius 3 is 2.85 bits per heavy atom. The lowest BCUT2D eigenvalue weighted by atomic mass is 9.75. The Morgan fingerprint density at radius 2 is 2.20 bits per heavy atom. The summed E-state index contributed by atoms with van der Waals surface area (Å²) in [4.78, 5) is 1.55. The molecule has 2 heterocycles. The van der Waals surface area contributed by atoms with Gasteiger partial charge in [-0.1, -0.05) is 0 Å². The first-order valence-corrected chi connectivity index (χ1v) is 7.83. The molecule has 3 fully saturated rings. The van der Waals surface area contributed by atoms with Gasteiger partial charge in [-0.2, -0.15) is 4.80 Å². The van der Waals surface area contributed by atoms with E-state index in [1.807, 2.05) is 7.05 Å². The van der Waals surface area contributed by atoms with Gasteiger partial charge in [-0.25, -0.2) is 0 Å². The smallest absolute Gasteiger partial charge is 0.175 e. The van der Waals surface area contributed by atoms with Crippen LogP contribution in [0.2, 0.25) is 0 Å². The van der Waals surface area contributed by atoms with Gasteiger partial charge >= 0.3 is 0 Å². The van der Waals surface area contributed by atoms with Crippen LogP contribution in [-0.2, 0) is 18.2 Å². The Kier molecular flexibility index (Phi) is 3.03. The summed E-state index contributed by atoms with van der Waals surface area (Å²) in [6.07, 6.45) is 7.70. The molecule has 0 aromatic carbocycles. The summed E-state index contributed by atoms with van der Waals surface area (Å²) < 4.78 is 6.10. The van der Waals surface area contributed by atoms with Crippen molar-refractivity contribution in [1.29, 1.82) is 0 Å². The van der Waals surface area contributed by atoms with Gasteiger partial charge in [0.25, 0.3) is 0 Å². The normalized spacial score (nSPS) is 33.8. The number of rotatable bonds is 6. The topological polar surface area (TPSA) is 64.9 Å². The van der Waals surface area contributed by atoms with Crippen LogP contribution in [0.25, 0.3) is 0 Å². The van der Waals surface area contributed by atoms with Gasteiger partial charge in [-0.05, 0) is 43.2 Å². The Balaban J connectivity index is 1.53. The minimum atomic E-state index is 0.173. The number of hydrogen-bond acceptors (Lipinski definition) is 5. The summed E-state index contributed by atoms with van der Waals surface area (Å²) in [5.41, 5.74) is 0.173. The molecular formula is C14H23N5O. The van der Waals surface area contributed by atoms with Crippen molar-refractivity contribution in [2.75, 3.05) is 13.2 Å². The highest BCUT2D eigenvalue weighted by Gasteiger charge is 2.51. The van der Waals surface area contributed by atoms with Crippen molar-refractivity contribution in [1.82, 2.24) is 25.5 Å². The average Bonchev–Trinajstić information content (AvgIpc) is 3.35. The fraction of sp³-hybridized carbons (Fsp3) is 0.929. The maximum Gasteiger partial charge on any atom is 0.175 e. The van der Waals surface area contributed by atoms with Crippen LogP contribution in [0.3, 0.4) is 0 Å². The number of tetrazole rings is 1.